The zero-order chi connectivity index (χ0) is 17.7. The highest BCUT2D eigenvalue weighted by molar-refractivity contribution is 5.66. The fraction of sp³-hybridized carbons (Fsp3) is 0.136. The summed E-state index contributed by atoms with van der Waals surface area (Å²) in [6.07, 6.45) is -0.865. The molecule has 0 heterocycles. The molecule has 0 saturated carbocycles. The minimum Gasteiger partial charge on any atom is -0.454 e. The molecule has 0 aliphatic heterocycles. The number of carbonyl (C=O) groups is 1. The van der Waals surface area contributed by atoms with Crippen LogP contribution in [0, 0.1) is 0 Å². The summed E-state index contributed by atoms with van der Waals surface area (Å²) in [5.74, 6) is -0.445. The molecule has 1 atom stereocenters. The second-order valence-electron chi connectivity index (χ2n) is 5.90. The Balaban J connectivity index is 2.22. The number of hydrogen-bond donors (Lipinski definition) is 1. The molecular weight excluding hydrogens is 312 g/mol. The molecule has 25 heavy (non-hydrogen) atoms. The van der Waals surface area contributed by atoms with Gasteiger partial charge in [0.05, 0.1) is 0 Å². The van der Waals surface area contributed by atoms with E-state index in [1.807, 2.05) is 91.0 Å². The van der Waals surface area contributed by atoms with Crippen LogP contribution in [0.1, 0.15) is 29.7 Å². The first kappa shape index (κ1) is 16.9. The molecule has 0 amide bonds. The molecule has 3 heteroatoms. The van der Waals surface area contributed by atoms with E-state index in [2.05, 4.69) is 0 Å². The maximum Gasteiger partial charge on any atom is 0.303 e. The normalized spacial score (nSPS) is 12.4. The number of esters is 1. The van der Waals surface area contributed by atoms with Crippen LogP contribution in [0.3, 0.4) is 0 Å². The topological polar surface area (TPSA) is 46.5 Å². The van der Waals surface area contributed by atoms with Crippen LogP contribution in [0.5, 0.6) is 0 Å². The Morgan fingerprint density at radius 2 is 1.20 bits per heavy atom. The fourth-order valence-corrected chi connectivity index (χ4v) is 3.04. The average molecular weight is 332 g/mol. The van der Waals surface area contributed by atoms with Crippen molar-refractivity contribution in [1.82, 2.24) is 0 Å². The van der Waals surface area contributed by atoms with E-state index in [1.54, 1.807) is 0 Å². The van der Waals surface area contributed by atoms with E-state index < -0.39 is 17.7 Å². The third-order valence-corrected chi connectivity index (χ3v) is 4.19. The molecule has 3 aromatic carbocycles. The zero-order valence-corrected chi connectivity index (χ0v) is 14.0. The maximum absolute atomic E-state index is 11.8. The Morgan fingerprint density at radius 1 is 0.800 bits per heavy atom. The smallest absolute Gasteiger partial charge is 0.303 e. The summed E-state index contributed by atoms with van der Waals surface area (Å²) in [6.45, 7) is 1.35. The van der Waals surface area contributed by atoms with Crippen molar-refractivity contribution >= 4 is 5.97 Å². The van der Waals surface area contributed by atoms with Crippen LogP contribution < -0.4 is 0 Å². The van der Waals surface area contributed by atoms with Gasteiger partial charge in [0.15, 0.2) is 11.7 Å². The largest absolute Gasteiger partial charge is 0.454 e. The molecule has 1 N–H and O–H groups in total. The lowest BCUT2D eigenvalue weighted by molar-refractivity contribution is -0.160. The first-order chi connectivity index (χ1) is 12.1. The predicted molar refractivity (Wildman–Crippen MR) is 96.8 cm³/mol. The number of ether oxygens (including phenoxy) is 1. The van der Waals surface area contributed by atoms with Crippen LogP contribution in [0.2, 0.25) is 0 Å². The minimum atomic E-state index is -1.50. The first-order valence-electron chi connectivity index (χ1n) is 8.18. The Hall–Kier alpha value is -2.91. The first-order valence-corrected chi connectivity index (χ1v) is 8.18. The van der Waals surface area contributed by atoms with Crippen molar-refractivity contribution in [2.24, 2.45) is 0 Å². The molecule has 0 spiro atoms. The number of aliphatic hydroxyl groups is 1. The minimum absolute atomic E-state index is 0.445. The summed E-state index contributed by atoms with van der Waals surface area (Å²) >= 11 is 0. The van der Waals surface area contributed by atoms with Crippen molar-refractivity contribution in [3.05, 3.63) is 108 Å². The van der Waals surface area contributed by atoms with Crippen molar-refractivity contribution in [3.63, 3.8) is 0 Å². The number of carbonyl (C=O) groups excluding carboxylic acids is 1. The van der Waals surface area contributed by atoms with Crippen molar-refractivity contribution in [1.29, 1.82) is 0 Å². The van der Waals surface area contributed by atoms with Gasteiger partial charge in [0.2, 0.25) is 0 Å². The van der Waals surface area contributed by atoms with Crippen LogP contribution in [0.4, 0.5) is 0 Å². The van der Waals surface area contributed by atoms with Gasteiger partial charge in [0, 0.05) is 6.92 Å². The van der Waals surface area contributed by atoms with E-state index >= 15 is 0 Å². The molecule has 0 fully saturated rings. The summed E-state index contributed by atoms with van der Waals surface area (Å²) in [5.41, 5.74) is 0.552. The Morgan fingerprint density at radius 3 is 1.60 bits per heavy atom. The van der Waals surface area contributed by atoms with E-state index in [9.17, 15) is 9.90 Å². The molecule has 0 aromatic heterocycles. The van der Waals surface area contributed by atoms with Gasteiger partial charge in [-0.25, -0.2) is 0 Å². The number of benzene rings is 3. The Labute approximate surface area is 147 Å². The van der Waals surface area contributed by atoms with Gasteiger partial charge >= 0.3 is 5.97 Å². The lowest BCUT2D eigenvalue weighted by atomic mass is 9.79. The molecule has 0 bridgehead atoms. The third-order valence-electron chi connectivity index (χ3n) is 4.19. The van der Waals surface area contributed by atoms with Crippen LogP contribution in [0.25, 0.3) is 0 Å². The number of rotatable bonds is 5. The van der Waals surface area contributed by atoms with Crippen LogP contribution >= 0.6 is 0 Å². The van der Waals surface area contributed by atoms with Gasteiger partial charge in [0.25, 0.3) is 0 Å². The van der Waals surface area contributed by atoms with Gasteiger partial charge in [-0.3, -0.25) is 4.79 Å². The predicted octanol–water partition coefficient (Wildman–Crippen LogP) is 4.23. The van der Waals surface area contributed by atoms with Crippen molar-refractivity contribution in [2.75, 3.05) is 0 Å². The molecule has 0 radical (unpaired) electrons. The Bertz CT molecular complexity index is 774. The van der Waals surface area contributed by atoms with Crippen LogP contribution in [-0.4, -0.2) is 11.1 Å². The summed E-state index contributed by atoms with van der Waals surface area (Å²) < 4.78 is 5.62. The number of hydrogen-bond acceptors (Lipinski definition) is 3. The monoisotopic (exact) mass is 332 g/mol. The Kier molecular flexibility index (Phi) is 4.96. The molecule has 0 saturated heterocycles. The highest BCUT2D eigenvalue weighted by Gasteiger charge is 2.43. The van der Waals surface area contributed by atoms with Gasteiger partial charge in [-0.1, -0.05) is 91.0 Å². The van der Waals surface area contributed by atoms with E-state index in [0.717, 1.165) is 5.56 Å². The van der Waals surface area contributed by atoms with E-state index in [0.29, 0.717) is 11.1 Å². The summed E-state index contributed by atoms with van der Waals surface area (Å²) in [4.78, 5) is 11.8. The van der Waals surface area contributed by atoms with Crippen LogP contribution in [0.15, 0.2) is 91.0 Å². The van der Waals surface area contributed by atoms with Gasteiger partial charge < -0.3 is 9.84 Å². The summed E-state index contributed by atoms with van der Waals surface area (Å²) in [6, 6.07) is 27.9. The second kappa shape index (κ2) is 7.32. The summed E-state index contributed by atoms with van der Waals surface area (Å²) in [5, 5.41) is 11.8. The fourth-order valence-electron chi connectivity index (χ4n) is 3.04. The molecule has 0 aliphatic rings. The highest BCUT2D eigenvalue weighted by Crippen LogP contribution is 2.43. The lowest BCUT2D eigenvalue weighted by Crippen LogP contribution is -2.37. The SMILES string of the molecule is CC(=O)OC(c1ccccc1)C(O)(c1ccccc1)c1ccccc1. The molecular formula is C22H20O3. The quantitative estimate of drug-likeness (QED) is 0.711. The van der Waals surface area contributed by atoms with Crippen LogP contribution in [-0.2, 0) is 15.1 Å². The third kappa shape index (κ3) is 3.47. The van der Waals surface area contributed by atoms with Gasteiger partial charge in [-0.05, 0) is 16.7 Å². The van der Waals surface area contributed by atoms with E-state index in [1.165, 1.54) is 6.92 Å². The summed E-state index contributed by atoms with van der Waals surface area (Å²) in [7, 11) is 0. The second-order valence-corrected chi connectivity index (χ2v) is 5.90. The lowest BCUT2D eigenvalue weighted by Gasteiger charge is -2.36. The molecule has 126 valence electrons. The molecule has 3 rings (SSSR count). The molecule has 1 unspecified atom stereocenters. The van der Waals surface area contributed by atoms with Gasteiger partial charge in [-0.2, -0.15) is 0 Å². The average Bonchev–Trinajstić information content (AvgIpc) is 2.67. The van der Waals surface area contributed by atoms with Crippen molar-refractivity contribution < 1.29 is 14.6 Å². The molecule has 3 nitrogen and oxygen atoms in total. The van der Waals surface area contributed by atoms with Crippen molar-refractivity contribution in [3.8, 4) is 0 Å². The zero-order valence-electron chi connectivity index (χ0n) is 14.0. The van der Waals surface area contributed by atoms with Gasteiger partial charge in [-0.15, -0.1) is 0 Å². The van der Waals surface area contributed by atoms with E-state index in [-0.39, 0.29) is 0 Å². The maximum atomic E-state index is 11.8. The molecule has 3 aromatic rings. The standard InChI is InChI=1S/C22H20O3/c1-17(23)25-21(18-11-5-2-6-12-18)22(24,19-13-7-3-8-14-19)20-15-9-4-10-16-20/h2-16,21,24H,1H3. The van der Waals surface area contributed by atoms with Gasteiger partial charge in [0.1, 0.15) is 0 Å². The highest BCUT2D eigenvalue weighted by atomic mass is 16.6. The van der Waals surface area contributed by atoms with Crippen molar-refractivity contribution in [2.45, 2.75) is 18.6 Å². The molecule has 0 aliphatic carbocycles. The van der Waals surface area contributed by atoms with E-state index in [4.69, 9.17) is 4.74 Å².